The summed E-state index contributed by atoms with van der Waals surface area (Å²) in [4.78, 5) is 13.0. The molecule has 2 N–H and O–H groups in total. The molecular formula is C23H34N2O4S. The van der Waals surface area contributed by atoms with E-state index in [9.17, 15) is 18.3 Å². The number of sulfonamides is 1. The summed E-state index contributed by atoms with van der Waals surface area (Å²) in [5, 5.41) is 13.9. The van der Waals surface area contributed by atoms with Gasteiger partial charge in [-0.2, -0.15) is 4.31 Å². The number of nitrogens with zero attached hydrogens (tertiary/aromatic N) is 1. The van der Waals surface area contributed by atoms with Crippen LogP contribution in [0.1, 0.15) is 64.4 Å². The molecule has 0 spiro atoms. The second-order valence-electron chi connectivity index (χ2n) is 9.87. The number of carbonyl (C=O) groups is 1. The third kappa shape index (κ3) is 4.16. The summed E-state index contributed by atoms with van der Waals surface area (Å²) in [5.74, 6) is 1.18. The Hall–Kier alpha value is -1.44. The molecule has 4 bridgehead atoms. The lowest BCUT2D eigenvalue weighted by molar-refractivity contribution is -0.169. The smallest absolute Gasteiger partial charge is 0.243 e. The van der Waals surface area contributed by atoms with Gasteiger partial charge in [-0.3, -0.25) is 4.79 Å². The molecule has 1 aromatic carbocycles. The van der Waals surface area contributed by atoms with Crippen molar-refractivity contribution in [2.45, 2.75) is 75.8 Å². The Morgan fingerprint density at radius 2 is 1.70 bits per heavy atom. The first-order valence-corrected chi connectivity index (χ1v) is 12.7. The Kier molecular flexibility index (Phi) is 5.75. The predicted octanol–water partition coefficient (Wildman–Crippen LogP) is 3.05. The van der Waals surface area contributed by atoms with Crippen LogP contribution < -0.4 is 5.32 Å². The van der Waals surface area contributed by atoms with Gasteiger partial charge in [-0.05, 0) is 73.5 Å². The van der Waals surface area contributed by atoms with Gasteiger partial charge in [-0.15, -0.1) is 0 Å². The number of aliphatic hydroxyl groups is 1. The molecular weight excluding hydrogens is 400 g/mol. The van der Waals surface area contributed by atoms with E-state index in [0.717, 1.165) is 37.7 Å². The van der Waals surface area contributed by atoms with Crippen LogP contribution >= 0.6 is 0 Å². The summed E-state index contributed by atoms with van der Waals surface area (Å²) >= 11 is 0. The van der Waals surface area contributed by atoms with Crippen molar-refractivity contribution in [1.29, 1.82) is 0 Å². The Morgan fingerprint density at radius 1 is 1.10 bits per heavy atom. The number of hydrogen-bond donors (Lipinski definition) is 2. The number of rotatable bonds is 8. The van der Waals surface area contributed by atoms with Crippen molar-refractivity contribution in [3.05, 3.63) is 29.8 Å². The number of benzene rings is 1. The van der Waals surface area contributed by atoms with Crippen molar-refractivity contribution < 1.29 is 18.3 Å². The number of hydrogen-bond acceptors (Lipinski definition) is 4. The molecule has 4 aliphatic rings. The largest absolute Gasteiger partial charge is 0.390 e. The second kappa shape index (κ2) is 7.92. The predicted molar refractivity (Wildman–Crippen MR) is 115 cm³/mol. The van der Waals surface area contributed by atoms with Crippen molar-refractivity contribution in [3.63, 3.8) is 0 Å². The number of carbonyl (C=O) groups excluding carboxylic acids is 1. The van der Waals surface area contributed by atoms with E-state index in [0.29, 0.717) is 37.9 Å². The van der Waals surface area contributed by atoms with Crippen molar-refractivity contribution in [3.8, 4) is 0 Å². The molecule has 166 valence electrons. The fourth-order valence-corrected chi connectivity index (χ4v) is 8.16. The fraction of sp³-hybridized carbons (Fsp3) is 0.696. The Labute approximate surface area is 180 Å². The molecule has 2 unspecified atom stereocenters. The van der Waals surface area contributed by atoms with Gasteiger partial charge in [0.25, 0.3) is 0 Å². The summed E-state index contributed by atoms with van der Waals surface area (Å²) in [5.41, 5.74) is 0.298. The van der Waals surface area contributed by atoms with Crippen LogP contribution in [0.2, 0.25) is 0 Å². The lowest BCUT2D eigenvalue weighted by Gasteiger charge is -2.60. The maximum absolute atomic E-state index is 12.7. The van der Waals surface area contributed by atoms with Crippen LogP contribution in [-0.4, -0.2) is 42.4 Å². The highest BCUT2D eigenvalue weighted by atomic mass is 32.2. The molecule has 1 aromatic rings. The van der Waals surface area contributed by atoms with Gasteiger partial charge >= 0.3 is 0 Å². The summed E-state index contributed by atoms with van der Waals surface area (Å²) < 4.78 is 26.6. The van der Waals surface area contributed by atoms with Crippen molar-refractivity contribution >= 4 is 15.9 Å². The monoisotopic (exact) mass is 434 g/mol. The Bertz CT molecular complexity index is 878. The third-order valence-electron chi connectivity index (χ3n) is 7.44. The van der Waals surface area contributed by atoms with Crippen LogP contribution in [0.15, 0.2) is 29.2 Å². The Morgan fingerprint density at radius 3 is 2.23 bits per heavy atom. The second-order valence-corrected chi connectivity index (χ2v) is 11.8. The highest BCUT2D eigenvalue weighted by molar-refractivity contribution is 7.89. The summed E-state index contributed by atoms with van der Waals surface area (Å²) in [7, 11) is -3.46. The first-order chi connectivity index (χ1) is 14.2. The minimum Gasteiger partial charge on any atom is -0.390 e. The van der Waals surface area contributed by atoms with E-state index in [1.165, 1.54) is 10.7 Å². The lowest BCUT2D eigenvalue weighted by Crippen LogP contribution is -2.56. The molecule has 0 heterocycles. The molecule has 0 radical (unpaired) electrons. The zero-order chi connectivity index (χ0) is 21.6. The van der Waals surface area contributed by atoms with Gasteiger partial charge in [0.2, 0.25) is 15.9 Å². The van der Waals surface area contributed by atoms with Gasteiger partial charge in [0.15, 0.2) is 0 Å². The molecule has 4 saturated carbocycles. The number of nitrogens with one attached hydrogen (secondary N) is 1. The summed E-state index contributed by atoms with van der Waals surface area (Å²) in [6.45, 7) is 4.92. The van der Waals surface area contributed by atoms with Crippen molar-refractivity contribution in [1.82, 2.24) is 9.62 Å². The average Bonchev–Trinajstić information content (AvgIpc) is 2.65. The van der Waals surface area contributed by atoms with E-state index in [4.69, 9.17) is 0 Å². The topological polar surface area (TPSA) is 86.7 Å². The van der Waals surface area contributed by atoms with Gasteiger partial charge in [0.1, 0.15) is 0 Å². The Balaban J connectivity index is 1.35. The number of amides is 1. The first-order valence-electron chi connectivity index (χ1n) is 11.3. The van der Waals surface area contributed by atoms with Crippen LogP contribution in [0, 0.1) is 17.3 Å². The summed E-state index contributed by atoms with van der Waals surface area (Å²) in [6, 6.07) is 6.77. The highest BCUT2D eigenvalue weighted by Gasteiger charge is 2.57. The van der Waals surface area contributed by atoms with Crippen LogP contribution in [0.5, 0.6) is 0 Å². The molecule has 6 nitrogen and oxygen atoms in total. The van der Waals surface area contributed by atoms with Crippen LogP contribution in [-0.2, 0) is 21.4 Å². The molecule has 4 fully saturated rings. The zero-order valence-electron chi connectivity index (χ0n) is 18.1. The van der Waals surface area contributed by atoms with E-state index >= 15 is 0 Å². The fourth-order valence-electron chi connectivity index (χ4n) is 6.70. The molecule has 2 atom stereocenters. The minimum atomic E-state index is -3.46. The van der Waals surface area contributed by atoms with Crippen molar-refractivity contribution in [2.75, 3.05) is 13.1 Å². The first kappa shape index (κ1) is 21.8. The van der Waals surface area contributed by atoms with Gasteiger partial charge < -0.3 is 10.4 Å². The quantitative estimate of drug-likeness (QED) is 0.658. The summed E-state index contributed by atoms with van der Waals surface area (Å²) in [6.07, 6.45) is 6.42. The van der Waals surface area contributed by atoms with Crippen molar-refractivity contribution in [2.24, 2.45) is 17.3 Å². The third-order valence-corrected chi connectivity index (χ3v) is 9.51. The van der Waals surface area contributed by atoms with E-state index in [2.05, 4.69) is 5.32 Å². The van der Waals surface area contributed by atoms with Gasteiger partial charge in [0, 0.05) is 26.1 Å². The highest BCUT2D eigenvalue weighted by Crippen LogP contribution is 2.62. The van der Waals surface area contributed by atoms with Crippen LogP contribution in [0.3, 0.4) is 0 Å². The molecule has 0 saturated heterocycles. The van der Waals surface area contributed by atoms with Crippen LogP contribution in [0.25, 0.3) is 0 Å². The van der Waals surface area contributed by atoms with E-state index < -0.39 is 15.6 Å². The molecule has 7 heteroatoms. The standard InChI is InChI=1S/C23H34N2O4S/c1-3-25(4-2)30(28,29)20-7-5-17(6-8-20)15-24-21(26)14-22-10-18-9-19(11-22)13-23(27,12-18)16-22/h5-8,18-19,27H,3-4,9-16H2,1-2H3,(H,24,26). The maximum Gasteiger partial charge on any atom is 0.243 e. The molecule has 1 amide bonds. The van der Waals surface area contributed by atoms with Crippen LogP contribution in [0.4, 0.5) is 0 Å². The van der Waals surface area contributed by atoms with E-state index in [1.807, 2.05) is 13.8 Å². The molecule has 0 aliphatic heterocycles. The average molecular weight is 435 g/mol. The zero-order valence-corrected chi connectivity index (χ0v) is 18.9. The van der Waals surface area contributed by atoms with Gasteiger partial charge in [-0.25, -0.2) is 8.42 Å². The lowest BCUT2D eigenvalue weighted by atomic mass is 9.47. The van der Waals surface area contributed by atoms with Gasteiger partial charge in [0.05, 0.1) is 10.5 Å². The molecule has 30 heavy (non-hydrogen) atoms. The van der Waals surface area contributed by atoms with E-state index in [1.54, 1.807) is 24.3 Å². The maximum atomic E-state index is 12.7. The molecule has 4 aliphatic carbocycles. The molecule has 0 aromatic heterocycles. The van der Waals surface area contributed by atoms with Gasteiger partial charge in [-0.1, -0.05) is 26.0 Å². The minimum absolute atomic E-state index is 0.0281. The SMILES string of the molecule is CCN(CC)S(=O)(=O)c1ccc(CNC(=O)CC23CC4CC(CC(O)(C4)C2)C3)cc1. The van der Waals surface area contributed by atoms with E-state index in [-0.39, 0.29) is 16.2 Å². The normalized spacial score (nSPS) is 32.5. The molecule has 5 rings (SSSR count).